The van der Waals surface area contributed by atoms with Crippen molar-refractivity contribution >= 4 is 48.1 Å². The third-order valence-electron chi connectivity index (χ3n) is 12.7. The van der Waals surface area contributed by atoms with E-state index in [0.717, 1.165) is 37.2 Å². The number of aliphatic hydroxyl groups excluding tert-OH is 1. The van der Waals surface area contributed by atoms with Crippen LogP contribution in [0.1, 0.15) is 142 Å². The van der Waals surface area contributed by atoms with Gasteiger partial charge in [0.05, 0.1) is 11.9 Å². The van der Waals surface area contributed by atoms with E-state index in [0.29, 0.717) is 0 Å². The summed E-state index contributed by atoms with van der Waals surface area (Å²) in [7, 11) is 4.43. The molecule has 53 heavy (non-hydrogen) atoms. The molecule has 3 nitrogen and oxygen atoms in total. The second-order valence-corrected chi connectivity index (χ2v) is 17.8. The van der Waals surface area contributed by atoms with Crippen LogP contribution in [0.3, 0.4) is 0 Å². The maximum atomic E-state index is 12.2. The summed E-state index contributed by atoms with van der Waals surface area (Å²) in [5.74, 6) is 1.01. The summed E-state index contributed by atoms with van der Waals surface area (Å²) in [6.07, 6.45) is 12.3. The monoisotopic (exact) mass is 909 g/mol. The number of carbonyl (C=O) groups is 1. The van der Waals surface area contributed by atoms with Gasteiger partial charge in [-0.2, -0.15) is 12.5 Å². The van der Waals surface area contributed by atoms with Gasteiger partial charge in [-0.15, -0.1) is 34.4 Å². The molecular formula is C48H62IrNO2S-. The normalized spacial score (nSPS) is 14.4. The number of aliphatic hydroxyl groups is 1. The van der Waals surface area contributed by atoms with Crippen molar-refractivity contribution in [1.82, 2.24) is 0 Å². The Morgan fingerprint density at radius 3 is 1.98 bits per heavy atom. The molecule has 2 heterocycles. The zero-order chi connectivity index (χ0) is 38.2. The Kier molecular flexibility index (Phi) is 13.4. The maximum Gasteiger partial charge on any atom is 0.164 e. The molecule has 1 radical (unpaired) electrons. The number of hydrogen-bond acceptors (Lipinski definition) is 3. The number of ketones is 1. The summed E-state index contributed by atoms with van der Waals surface area (Å²) in [5.41, 5.74) is 7.25. The van der Waals surface area contributed by atoms with Crippen LogP contribution in [0.25, 0.3) is 42.2 Å². The molecule has 1 N–H and O–H groups in total. The minimum absolute atomic E-state index is 0. The van der Waals surface area contributed by atoms with Crippen molar-refractivity contribution < 1.29 is 34.6 Å². The van der Waals surface area contributed by atoms with E-state index in [2.05, 4.69) is 101 Å². The van der Waals surface area contributed by atoms with Crippen LogP contribution >= 0.6 is 11.3 Å². The molecular weight excluding hydrogens is 847 g/mol. The van der Waals surface area contributed by atoms with Gasteiger partial charge in [0.15, 0.2) is 5.78 Å². The van der Waals surface area contributed by atoms with Gasteiger partial charge in [-0.05, 0) is 84.7 Å². The fraction of sp³-hybridized carbons (Fsp3) is 0.458. The molecule has 0 unspecified atom stereocenters. The molecule has 0 aliphatic heterocycles. The van der Waals surface area contributed by atoms with Gasteiger partial charge in [0.2, 0.25) is 0 Å². The second kappa shape index (κ2) is 16.7. The molecule has 6 rings (SSSR count). The first kappa shape index (κ1) is 42.6. The van der Waals surface area contributed by atoms with Crippen molar-refractivity contribution in [1.29, 1.82) is 0 Å². The smallest absolute Gasteiger partial charge is 0.164 e. The van der Waals surface area contributed by atoms with Gasteiger partial charge < -0.3 is 9.67 Å². The van der Waals surface area contributed by atoms with E-state index >= 15 is 0 Å². The van der Waals surface area contributed by atoms with Gasteiger partial charge in [0, 0.05) is 53.5 Å². The minimum Gasteiger partial charge on any atom is -0.512 e. The quantitative estimate of drug-likeness (QED) is 0.0693. The Hall–Kier alpha value is -3.11. The molecule has 287 valence electrons. The fourth-order valence-corrected chi connectivity index (χ4v) is 9.32. The van der Waals surface area contributed by atoms with Crippen molar-refractivity contribution in [2.24, 2.45) is 10.8 Å². The molecule has 1 aliphatic rings. The van der Waals surface area contributed by atoms with Crippen LogP contribution in [0.4, 0.5) is 0 Å². The molecule has 5 aromatic rings. The number of nitrogens with zero attached hydrogens (tertiary/aromatic N) is 1. The predicted molar refractivity (Wildman–Crippen MR) is 225 cm³/mol. The van der Waals surface area contributed by atoms with Crippen LogP contribution in [-0.4, -0.2) is 10.9 Å². The van der Waals surface area contributed by atoms with E-state index in [1.807, 2.05) is 52.9 Å². The number of aromatic nitrogens is 1. The van der Waals surface area contributed by atoms with Crippen molar-refractivity contribution in [2.75, 3.05) is 0 Å². The topological polar surface area (TPSA) is 41.2 Å². The summed E-state index contributed by atoms with van der Waals surface area (Å²) in [6, 6.07) is 18.1. The molecule has 0 spiro atoms. The summed E-state index contributed by atoms with van der Waals surface area (Å²) in [6.45, 7) is 25.9. The number of thiophene rings is 1. The van der Waals surface area contributed by atoms with Crippen molar-refractivity contribution in [3.8, 4) is 11.3 Å². The number of rotatable bonds is 9. The molecule has 1 aliphatic carbocycles. The Morgan fingerprint density at radius 1 is 0.849 bits per heavy atom. The van der Waals surface area contributed by atoms with E-state index in [1.54, 1.807) is 5.56 Å². The van der Waals surface area contributed by atoms with Gasteiger partial charge in [0.1, 0.15) is 5.76 Å². The number of aryl methyl sites for hydroxylation is 1. The minimum atomic E-state index is -0.337. The van der Waals surface area contributed by atoms with E-state index < -0.39 is 0 Å². The van der Waals surface area contributed by atoms with Gasteiger partial charge >= 0.3 is 0 Å². The molecule has 2 aromatic heterocycles. The van der Waals surface area contributed by atoms with Crippen molar-refractivity contribution in [2.45, 2.75) is 132 Å². The summed E-state index contributed by atoms with van der Waals surface area (Å²) < 4.78 is 4.79. The molecule has 5 heteroatoms. The number of fused-ring (bicyclic) bond motifs is 4. The molecule has 1 fully saturated rings. The van der Waals surface area contributed by atoms with Gasteiger partial charge in [-0.1, -0.05) is 116 Å². The number of pyridine rings is 1. The first-order valence-corrected chi connectivity index (χ1v) is 20.4. The van der Waals surface area contributed by atoms with Gasteiger partial charge in [-0.3, -0.25) is 4.79 Å². The molecule has 0 bridgehead atoms. The number of hydrogen-bond donors (Lipinski definition) is 1. The van der Waals surface area contributed by atoms with Gasteiger partial charge in [-0.25, -0.2) is 0 Å². The SMILES string of the molecule is CCC(C)(CC)C(=O)/C=C(\O)C(C)(CC)CC.[CH2-]c1c(-c2c3sc4c(C)c(C5CCCC5)ccc4c3cc[n+]2[CH2-])cc(C(C)(C)C)c2ccccc12.[Ir]. The third-order valence-corrected chi connectivity index (χ3v) is 14.1. The predicted octanol–water partition coefficient (Wildman–Crippen LogP) is 13.9. The zero-order valence-corrected chi connectivity index (χ0v) is 37.2. The van der Waals surface area contributed by atoms with Crippen molar-refractivity contribution in [3.63, 3.8) is 0 Å². The molecule has 0 saturated heterocycles. The standard InChI is InChI=1S/C33H34NS.C15H28O2.Ir/c1-20-24-13-9-10-14-25(24)29(33(3,4)5)19-28(20)30-32-27(17-18-34(30)6)26-16-15-23(21(2)31(26)35-32)22-11-7-8-12-22;1-7-14(5,8-2)12(16)11-13(17)15(6,9-3)10-4;/h9-10,13-19,22H,1,6-8,11-12H2,2-5H3;11,16H,7-10H2,1-6H3;/q-1;;/b;12-11-;. The van der Waals surface area contributed by atoms with Gasteiger partial charge in [0.25, 0.3) is 0 Å². The summed E-state index contributed by atoms with van der Waals surface area (Å²) >= 11 is 1.94. The van der Waals surface area contributed by atoms with Crippen LogP contribution in [0.15, 0.2) is 66.6 Å². The molecule has 0 atom stereocenters. The van der Waals surface area contributed by atoms with Crippen LogP contribution < -0.4 is 4.57 Å². The average molecular weight is 909 g/mol. The van der Waals surface area contributed by atoms with Crippen LogP contribution in [0, 0.1) is 31.7 Å². The second-order valence-electron chi connectivity index (χ2n) is 16.8. The number of allylic oxidation sites excluding steroid dienone is 2. The molecule has 3 aromatic carbocycles. The fourth-order valence-electron chi connectivity index (χ4n) is 7.95. The first-order chi connectivity index (χ1) is 24.5. The Balaban J connectivity index is 0.000000299. The molecule has 1 saturated carbocycles. The maximum absolute atomic E-state index is 12.2. The third kappa shape index (κ3) is 8.14. The summed E-state index contributed by atoms with van der Waals surface area (Å²) in [4.78, 5) is 12.2. The van der Waals surface area contributed by atoms with Crippen LogP contribution in [-0.2, 0) is 30.3 Å². The van der Waals surface area contributed by atoms with E-state index in [4.69, 9.17) is 0 Å². The first-order valence-electron chi connectivity index (χ1n) is 19.6. The average Bonchev–Trinajstić information content (AvgIpc) is 3.80. The van der Waals surface area contributed by atoms with E-state index in [1.165, 1.54) is 85.1 Å². The number of carbonyl (C=O) groups excluding carboxylic acids is 1. The van der Waals surface area contributed by atoms with Crippen LogP contribution in [0.2, 0.25) is 0 Å². The van der Waals surface area contributed by atoms with E-state index in [9.17, 15) is 9.90 Å². The van der Waals surface area contributed by atoms with Crippen LogP contribution in [0.5, 0.6) is 0 Å². The molecule has 0 amide bonds. The van der Waals surface area contributed by atoms with E-state index in [-0.39, 0.29) is 47.9 Å². The largest absolute Gasteiger partial charge is 0.512 e. The number of benzene rings is 3. The van der Waals surface area contributed by atoms with Crippen molar-refractivity contribution in [3.05, 3.63) is 103 Å². The summed E-state index contributed by atoms with van der Waals surface area (Å²) in [5, 5.41) is 15.4. The zero-order valence-electron chi connectivity index (χ0n) is 34.0. The Bertz CT molecular complexity index is 2120. The Labute approximate surface area is 337 Å². The Morgan fingerprint density at radius 2 is 1.42 bits per heavy atom.